The molecule has 3 heterocycles. The lowest BCUT2D eigenvalue weighted by molar-refractivity contribution is -0.908. The maximum atomic E-state index is 12.7. The van der Waals surface area contributed by atoms with E-state index in [0.29, 0.717) is 6.42 Å². The normalized spacial score (nSPS) is 20.6. The van der Waals surface area contributed by atoms with E-state index in [1.165, 1.54) is 10.1 Å². The highest BCUT2D eigenvalue weighted by molar-refractivity contribution is 5.85. The number of fused-ring (bicyclic) bond motifs is 3. The number of hydrogen-bond donors (Lipinski definition) is 4. The fraction of sp³-hybridized carbons (Fsp3) is 0.400. The van der Waals surface area contributed by atoms with Gasteiger partial charge in [-0.1, -0.05) is 25.1 Å². The van der Waals surface area contributed by atoms with Gasteiger partial charge in [0.1, 0.15) is 5.56 Å². The Morgan fingerprint density at radius 3 is 2.78 bits per heavy atom. The number of aromatic amines is 2. The van der Waals surface area contributed by atoms with Crippen LogP contribution in [0.3, 0.4) is 0 Å². The van der Waals surface area contributed by atoms with E-state index >= 15 is 0 Å². The number of hydrogen-bond acceptors (Lipinski definition) is 3. The Morgan fingerprint density at radius 1 is 1.30 bits per heavy atom. The van der Waals surface area contributed by atoms with Gasteiger partial charge in [-0.15, -0.1) is 0 Å². The average molecular weight is 369 g/mol. The molecule has 0 amide bonds. The summed E-state index contributed by atoms with van der Waals surface area (Å²) >= 11 is 0. The predicted molar refractivity (Wildman–Crippen MR) is 104 cm³/mol. The molecule has 1 unspecified atom stereocenters. The van der Waals surface area contributed by atoms with Gasteiger partial charge in [-0.2, -0.15) is 0 Å². The predicted octanol–water partition coefficient (Wildman–Crippen LogP) is 0.855. The van der Waals surface area contributed by atoms with E-state index < -0.39 is 11.2 Å². The third-order valence-corrected chi connectivity index (χ3v) is 5.87. The van der Waals surface area contributed by atoms with Gasteiger partial charge >= 0.3 is 5.69 Å². The van der Waals surface area contributed by atoms with Crippen molar-refractivity contribution in [2.45, 2.75) is 38.8 Å². The largest absolute Gasteiger partial charge is 0.494 e. The van der Waals surface area contributed by atoms with E-state index in [2.05, 4.69) is 16.0 Å². The van der Waals surface area contributed by atoms with E-state index in [1.54, 1.807) is 0 Å². The van der Waals surface area contributed by atoms with Crippen LogP contribution in [0.15, 0.2) is 33.9 Å². The smallest absolute Gasteiger partial charge is 0.331 e. The minimum Gasteiger partial charge on any atom is -0.494 e. The summed E-state index contributed by atoms with van der Waals surface area (Å²) in [6, 6.07) is 7.50. The van der Waals surface area contributed by atoms with Gasteiger partial charge in [0.25, 0.3) is 5.56 Å². The number of nitrogens with one attached hydrogen (secondary N) is 3. The van der Waals surface area contributed by atoms with Crippen LogP contribution in [-0.2, 0) is 6.42 Å². The zero-order valence-electron chi connectivity index (χ0n) is 15.8. The quantitative estimate of drug-likeness (QED) is 0.551. The number of rotatable bonds is 3. The first kappa shape index (κ1) is 17.6. The molecule has 3 atom stereocenters. The molecule has 142 valence electrons. The molecule has 0 aliphatic carbocycles. The van der Waals surface area contributed by atoms with Crippen LogP contribution in [0.5, 0.6) is 5.88 Å². The van der Waals surface area contributed by atoms with Crippen molar-refractivity contribution in [3.8, 4) is 5.88 Å². The highest BCUT2D eigenvalue weighted by atomic mass is 16.3. The van der Waals surface area contributed by atoms with Gasteiger partial charge in [0.2, 0.25) is 5.88 Å². The van der Waals surface area contributed by atoms with E-state index in [-0.39, 0.29) is 23.5 Å². The van der Waals surface area contributed by atoms with Crippen LogP contribution in [0.4, 0.5) is 0 Å². The minimum atomic E-state index is -0.569. The lowest BCUT2D eigenvalue weighted by Crippen LogP contribution is -3.10. The molecular formula is C20H25N4O3+. The molecule has 3 aromatic rings. The number of benzene rings is 1. The van der Waals surface area contributed by atoms with Gasteiger partial charge in [-0.05, 0) is 25.0 Å². The molecule has 4 N–H and O–H groups in total. The van der Waals surface area contributed by atoms with Crippen LogP contribution in [0, 0.1) is 0 Å². The summed E-state index contributed by atoms with van der Waals surface area (Å²) in [4.78, 5) is 32.0. The minimum absolute atomic E-state index is 0.209. The zero-order valence-corrected chi connectivity index (χ0v) is 15.8. The van der Waals surface area contributed by atoms with Crippen molar-refractivity contribution in [2.75, 3.05) is 13.6 Å². The van der Waals surface area contributed by atoms with E-state index in [9.17, 15) is 14.7 Å². The van der Waals surface area contributed by atoms with Gasteiger partial charge < -0.3 is 15.0 Å². The fourth-order valence-corrected chi connectivity index (χ4v) is 4.24. The van der Waals surface area contributed by atoms with Crippen molar-refractivity contribution in [1.82, 2.24) is 14.5 Å². The second-order valence-electron chi connectivity index (χ2n) is 7.47. The highest BCUT2D eigenvalue weighted by Gasteiger charge is 2.38. The number of H-pyrrole nitrogens is 2. The van der Waals surface area contributed by atoms with Gasteiger partial charge in [-0.25, -0.2) is 4.79 Å². The lowest BCUT2D eigenvalue weighted by atomic mass is 9.93. The number of para-hydroxylation sites is 1. The van der Waals surface area contributed by atoms with Crippen molar-refractivity contribution >= 4 is 10.9 Å². The molecular weight excluding hydrogens is 344 g/mol. The summed E-state index contributed by atoms with van der Waals surface area (Å²) in [6.07, 6.45) is 1.56. The number of aromatic hydroxyl groups is 1. The number of nitrogens with zero attached hydrogens (tertiary/aromatic N) is 1. The monoisotopic (exact) mass is 369 g/mol. The topological polar surface area (TPSA) is 95.3 Å². The Kier molecular flexibility index (Phi) is 4.19. The average Bonchev–Trinajstić information content (AvgIpc) is 3.01. The molecule has 0 radical (unpaired) electrons. The molecule has 0 bridgehead atoms. The van der Waals surface area contributed by atoms with Gasteiger partial charge in [0.15, 0.2) is 6.04 Å². The summed E-state index contributed by atoms with van der Waals surface area (Å²) < 4.78 is 1.29. The molecule has 2 aromatic heterocycles. The summed E-state index contributed by atoms with van der Waals surface area (Å²) in [5.74, 6) is -0.228. The molecule has 27 heavy (non-hydrogen) atoms. The Hall–Kier alpha value is -2.80. The number of likely N-dealkylation sites (N-methyl/N-ethyl adjacent to an activating group) is 1. The maximum absolute atomic E-state index is 12.7. The van der Waals surface area contributed by atoms with Gasteiger partial charge in [0, 0.05) is 23.4 Å². The van der Waals surface area contributed by atoms with Crippen molar-refractivity contribution in [3.05, 3.63) is 61.9 Å². The first-order chi connectivity index (χ1) is 12.9. The third kappa shape index (κ3) is 2.61. The van der Waals surface area contributed by atoms with Crippen molar-refractivity contribution < 1.29 is 10.0 Å². The number of aromatic nitrogens is 3. The highest BCUT2D eigenvalue weighted by Crippen LogP contribution is 2.33. The van der Waals surface area contributed by atoms with Crippen molar-refractivity contribution in [1.29, 1.82) is 0 Å². The molecule has 0 fully saturated rings. The molecule has 0 saturated heterocycles. The van der Waals surface area contributed by atoms with Crippen LogP contribution in [0.1, 0.15) is 49.2 Å². The summed E-state index contributed by atoms with van der Waals surface area (Å²) in [6.45, 7) is 4.63. The Morgan fingerprint density at radius 2 is 2.04 bits per heavy atom. The first-order valence-corrected chi connectivity index (χ1v) is 9.43. The van der Waals surface area contributed by atoms with E-state index in [4.69, 9.17) is 0 Å². The van der Waals surface area contributed by atoms with Crippen LogP contribution in [-0.4, -0.2) is 33.2 Å². The molecule has 7 heteroatoms. The summed E-state index contributed by atoms with van der Waals surface area (Å²) in [7, 11) is 2.01. The first-order valence-electron chi connectivity index (χ1n) is 9.43. The third-order valence-electron chi connectivity index (χ3n) is 5.87. The van der Waals surface area contributed by atoms with Crippen LogP contribution >= 0.6 is 0 Å². The second-order valence-corrected chi connectivity index (χ2v) is 7.47. The molecule has 1 aliphatic rings. The van der Waals surface area contributed by atoms with E-state index in [0.717, 1.165) is 34.5 Å². The lowest BCUT2D eigenvalue weighted by Gasteiger charge is -2.30. The number of quaternary nitrogens is 1. The van der Waals surface area contributed by atoms with Crippen molar-refractivity contribution in [3.63, 3.8) is 0 Å². The maximum Gasteiger partial charge on any atom is 0.331 e. The SMILES string of the molecule is CC[C@H](C)n1c(O)c([C@H]2c3[nH]c4ccccc4c3CC[NH+]2C)c(=O)[nH]c1=O. The van der Waals surface area contributed by atoms with Gasteiger partial charge in [-0.3, -0.25) is 14.3 Å². The van der Waals surface area contributed by atoms with Crippen molar-refractivity contribution in [2.24, 2.45) is 0 Å². The second kappa shape index (κ2) is 6.42. The van der Waals surface area contributed by atoms with Crippen LogP contribution in [0.25, 0.3) is 10.9 Å². The molecule has 1 aliphatic heterocycles. The zero-order chi connectivity index (χ0) is 19.3. The molecule has 0 saturated carbocycles. The van der Waals surface area contributed by atoms with E-state index in [1.807, 2.05) is 39.1 Å². The Balaban J connectivity index is 2.00. The Labute approximate surface area is 156 Å². The van der Waals surface area contributed by atoms with Gasteiger partial charge in [0.05, 0.1) is 19.3 Å². The molecule has 0 spiro atoms. The fourth-order valence-electron chi connectivity index (χ4n) is 4.24. The van der Waals surface area contributed by atoms with Crippen LogP contribution < -0.4 is 16.1 Å². The Bertz CT molecular complexity index is 1120. The van der Waals surface area contributed by atoms with Crippen LogP contribution in [0.2, 0.25) is 0 Å². The molecule has 1 aromatic carbocycles. The summed E-state index contributed by atoms with van der Waals surface area (Å²) in [5.41, 5.74) is 2.30. The summed E-state index contributed by atoms with van der Waals surface area (Å²) in [5, 5.41) is 12.1. The molecule has 4 rings (SSSR count). The standard InChI is InChI=1S/C20H24N4O3/c1-4-11(2)24-19(26)15(18(25)22-20(24)27)17-16-13(9-10-23(17)3)12-7-5-6-8-14(12)21-16/h5-8,11,17,21,26H,4,9-10H2,1-3H3,(H,22,25,27)/p+1/t11-,17-/m0/s1. The molecule has 7 nitrogen and oxygen atoms in total.